The maximum Gasteiger partial charge on any atom is 0.154 e. The van der Waals surface area contributed by atoms with Gasteiger partial charge in [0.25, 0.3) is 0 Å². The average molecular weight is 304 g/mol. The third kappa shape index (κ3) is 6.13. The fourth-order valence-corrected chi connectivity index (χ4v) is 5.48. The molecule has 0 aromatic carbocycles. The van der Waals surface area contributed by atoms with Gasteiger partial charge in [-0.15, -0.1) is 0 Å². The predicted molar refractivity (Wildman–Crippen MR) is 86.9 cm³/mol. The fraction of sp³-hybridized carbons (Fsp3) is 1.00. The molecule has 20 heavy (non-hydrogen) atoms. The molecule has 120 valence electrons. The van der Waals surface area contributed by atoms with Crippen LogP contribution >= 0.6 is 0 Å². The molecule has 4 heteroatoms. The van der Waals surface area contributed by atoms with Crippen LogP contribution in [0.2, 0.25) is 0 Å². The van der Waals surface area contributed by atoms with Crippen LogP contribution in [0.1, 0.15) is 77.6 Å². The van der Waals surface area contributed by atoms with Gasteiger partial charge in [0.1, 0.15) is 0 Å². The van der Waals surface area contributed by atoms with Gasteiger partial charge < -0.3 is 5.32 Å². The summed E-state index contributed by atoms with van der Waals surface area (Å²) >= 11 is 0. The van der Waals surface area contributed by atoms with E-state index in [1.54, 1.807) is 0 Å². The molecule has 1 aliphatic rings. The largest absolute Gasteiger partial charge is 0.316 e. The molecule has 0 aromatic heterocycles. The zero-order chi connectivity index (χ0) is 14.8. The summed E-state index contributed by atoms with van der Waals surface area (Å²) in [7, 11) is -0.939. The minimum atomic E-state index is -2.85. The van der Waals surface area contributed by atoms with E-state index in [1.807, 2.05) is 7.05 Å². The van der Waals surface area contributed by atoms with E-state index in [0.29, 0.717) is 5.75 Å². The zero-order valence-electron chi connectivity index (χ0n) is 13.4. The number of unbranched alkanes of at least 4 members (excludes halogenated alkanes) is 6. The normalized spacial score (nSPS) is 23.6. The van der Waals surface area contributed by atoms with Crippen molar-refractivity contribution >= 4 is 9.84 Å². The third-order valence-electron chi connectivity index (χ3n) is 4.57. The van der Waals surface area contributed by atoms with Crippen molar-refractivity contribution in [1.82, 2.24) is 5.32 Å². The molecule has 3 nitrogen and oxygen atoms in total. The van der Waals surface area contributed by atoms with Gasteiger partial charge >= 0.3 is 0 Å². The summed E-state index contributed by atoms with van der Waals surface area (Å²) in [6, 6.07) is 0.163. The van der Waals surface area contributed by atoms with E-state index in [0.717, 1.165) is 32.1 Å². The lowest BCUT2D eigenvalue weighted by Gasteiger charge is -2.30. The van der Waals surface area contributed by atoms with Crippen LogP contribution in [-0.4, -0.2) is 32.5 Å². The van der Waals surface area contributed by atoms with Crippen LogP contribution in [0.3, 0.4) is 0 Å². The lowest BCUT2D eigenvalue weighted by atomic mass is 10.00. The van der Waals surface area contributed by atoms with Crippen LogP contribution in [0.15, 0.2) is 0 Å². The first-order chi connectivity index (χ1) is 9.61. The van der Waals surface area contributed by atoms with Gasteiger partial charge in [0.2, 0.25) is 0 Å². The predicted octanol–water partition coefficient (Wildman–Crippen LogP) is 3.68. The average Bonchev–Trinajstić information content (AvgIpc) is 2.42. The lowest BCUT2D eigenvalue weighted by molar-refractivity contribution is 0.422. The monoisotopic (exact) mass is 303 g/mol. The van der Waals surface area contributed by atoms with Gasteiger partial charge in [-0.25, -0.2) is 8.42 Å². The van der Waals surface area contributed by atoms with Crippen molar-refractivity contribution in [3.8, 4) is 0 Å². The van der Waals surface area contributed by atoms with Crippen molar-refractivity contribution in [2.75, 3.05) is 12.8 Å². The van der Waals surface area contributed by atoms with Gasteiger partial charge in [0.05, 0.1) is 11.0 Å². The Kier molecular flexibility index (Phi) is 8.78. The molecule has 2 unspecified atom stereocenters. The van der Waals surface area contributed by atoms with Gasteiger partial charge in [-0.05, 0) is 26.3 Å². The Hall–Kier alpha value is -0.0900. The molecular weight excluding hydrogens is 270 g/mol. The Labute approximate surface area is 125 Å². The Bertz CT molecular complexity index is 340. The minimum absolute atomic E-state index is 0.138. The summed E-state index contributed by atoms with van der Waals surface area (Å²) in [5, 5.41) is 3.12. The van der Waals surface area contributed by atoms with Crippen molar-refractivity contribution in [2.24, 2.45) is 0 Å². The van der Waals surface area contributed by atoms with E-state index < -0.39 is 9.84 Å². The summed E-state index contributed by atoms with van der Waals surface area (Å²) in [6.07, 6.45) is 12.8. The van der Waals surface area contributed by atoms with Crippen molar-refractivity contribution in [3.63, 3.8) is 0 Å². The molecule has 1 N–H and O–H groups in total. The second kappa shape index (κ2) is 9.78. The van der Waals surface area contributed by atoms with Crippen molar-refractivity contribution in [3.05, 3.63) is 0 Å². The van der Waals surface area contributed by atoms with Gasteiger partial charge in [-0.2, -0.15) is 0 Å². The van der Waals surface area contributed by atoms with Crippen molar-refractivity contribution in [1.29, 1.82) is 0 Å². The fourth-order valence-electron chi connectivity index (χ4n) is 3.27. The van der Waals surface area contributed by atoms with Crippen molar-refractivity contribution < 1.29 is 8.42 Å². The standard InChI is InChI=1S/C16H33NO2S/c1-3-4-5-6-7-8-9-12-15(17-2)16-13-10-11-14-20(16,18)19/h15-17H,3-14H2,1-2H3. The number of rotatable bonds is 10. The summed E-state index contributed by atoms with van der Waals surface area (Å²) in [5.74, 6) is 0.396. The molecule has 1 fully saturated rings. The highest BCUT2D eigenvalue weighted by molar-refractivity contribution is 7.92. The van der Waals surface area contributed by atoms with Crippen LogP contribution < -0.4 is 5.32 Å². The Balaban J connectivity index is 2.25. The Morgan fingerprint density at radius 2 is 1.70 bits per heavy atom. The number of hydrogen-bond donors (Lipinski definition) is 1. The second-order valence-electron chi connectivity index (χ2n) is 6.21. The topological polar surface area (TPSA) is 46.2 Å². The lowest BCUT2D eigenvalue weighted by Crippen LogP contribution is -2.45. The molecule has 1 aliphatic heterocycles. The van der Waals surface area contributed by atoms with E-state index in [9.17, 15) is 8.42 Å². The second-order valence-corrected chi connectivity index (χ2v) is 8.55. The van der Waals surface area contributed by atoms with E-state index in [1.165, 1.54) is 38.5 Å². The highest BCUT2D eigenvalue weighted by Crippen LogP contribution is 2.24. The molecule has 1 rings (SSSR count). The molecule has 2 atom stereocenters. The Morgan fingerprint density at radius 1 is 1.05 bits per heavy atom. The van der Waals surface area contributed by atoms with Gasteiger partial charge in [0.15, 0.2) is 9.84 Å². The maximum absolute atomic E-state index is 12.1. The molecule has 0 radical (unpaired) electrons. The molecule has 1 saturated heterocycles. The highest BCUT2D eigenvalue weighted by Gasteiger charge is 2.34. The van der Waals surface area contributed by atoms with E-state index in [4.69, 9.17) is 0 Å². The molecular formula is C16H33NO2S. The summed E-state index contributed by atoms with van der Waals surface area (Å²) in [4.78, 5) is 0. The molecule has 0 aliphatic carbocycles. The van der Waals surface area contributed by atoms with Gasteiger partial charge in [-0.1, -0.05) is 58.3 Å². The first-order valence-electron chi connectivity index (χ1n) is 8.50. The number of hydrogen-bond acceptors (Lipinski definition) is 3. The molecule has 0 saturated carbocycles. The number of nitrogens with one attached hydrogen (secondary N) is 1. The van der Waals surface area contributed by atoms with Gasteiger partial charge in [0, 0.05) is 6.04 Å². The molecule has 1 heterocycles. The van der Waals surface area contributed by atoms with E-state index >= 15 is 0 Å². The third-order valence-corrected chi connectivity index (χ3v) is 6.91. The van der Waals surface area contributed by atoms with Crippen molar-refractivity contribution in [2.45, 2.75) is 88.8 Å². The van der Waals surface area contributed by atoms with Crippen LogP contribution in [-0.2, 0) is 9.84 Å². The quantitative estimate of drug-likeness (QED) is 0.626. The molecule has 0 amide bonds. The summed E-state index contributed by atoms with van der Waals surface area (Å²) in [5.41, 5.74) is 0. The van der Waals surface area contributed by atoms with Crippen LogP contribution in [0, 0.1) is 0 Å². The molecule has 0 aromatic rings. The van der Waals surface area contributed by atoms with Gasteiger partial charge in [-0.3, -0.25) is 0 Å². The maximum atomic E-state index is 12.1. The first-order valence-corrected chi connectivity index (χ1v) is 10.2. The van der Waals surface area contributed by atoms with E-state index in [-0.39, 0.29) is 11.3 Å². The Morgan fingerprint density at radius 3 is 2.30 bits per heavy atom. The van der Waals surface area contributed by atoms with E-state index in [2.05, 4.69) is 12.2 Å². The highest BCUT2D eigenvalue weighted by atomic mass is 32.2. The summed E-state index contributed by atoms with van der Waals surface area (Å²) < 4.78 is 24.3. The first kappa shape index (κ1) is 18.0. The van der Waals surface area contributed by atoms with Crippen LogP contribution in [0.4, 0.5) is 0 Å². The minimum Gasteiger partial charge on any atom is -0.316 e. The molecule has 0 spiro atoms. The van der Waals surface area contributed by atoms with Crippen LogP contribution in [0.5, 0.6) is 0 Å². The zero-order valence-corrected chi connectivity index (χ0v) is 14.2. The summed E-state index contributed by atoms with van der Waals surface area (Å²) in [6.45, 7) is 2.24. The number of sulfone groups is 1. The molecule has 0 bridgehead atoms. The SMILES string of the molecule is CCCCCCCCCC(NC)C1CCCCS1(=O)=O. The van der Waals surface area contributed by atoms with Crippen LogP contribution in [0.25, 0.3) is 0 Å². The smallest absolute Gasteiger partial charge is 0.154 e.